The van der Waals surface area contributed by atoms with Crippen molar-refractivity contribution >= 4 is 45.7 Å². The maximum Gasteiger partial charge on any atom is 0.352 e. The largest absolute Gasteiger partial charge is 0.352 e. The summed E-state index contributed by atoms with van der Waals surface area (Å²) >= 11 is 19.2. The highest BCUT2D eigenvalue weighted by Gasteiger charge is 2.17. The summed E-state index contributed by atoms with van der Waals surface area (Å²) < 4.78 is 1.46. The van der Waals surface area contributed by atoms with Gasteiger partial charge in [0.1, 0.15) is 0 Å². The van der Waals surface area contributed by atoms with Gasteiger partial charge >= 0.3 is 5.69 Å². The minimum atomic E-state index is -0.443. The Labute approximate surface area is 177 Å². The summed E-state index contributed by atoms with van der Waals surface area (Å²) in [5.74, 6) is 0. The first-order valence-corrected chi connectivity index (χ1v) is 9.89. The fourth-order valence-electron chi connectivity index (χ4n) is 3.49. The van der Waals surface area contributed by atoms with Crippen molar-refractivity contribution in [2.75, 3.05) is 0 Å². The summed E-state index contributed by atoms with van der Waals surface area (Å²) in [5, 5.41) is 2.29. The summed E-state index contributed by atoms with van der Waals surface area (Å²) in [6, 6.07) is 16.7. The van der Waals surface area contributed by atoms with Gasteiger partial charge in [0.05, 0.1) is 21.2 Å². The molecule has 6 heteroatoms. The molecule has 0 saturated carbocycles. The smallest absolute Gasteiger partial charge is 0.257 e. The van der Waals surface area contributed by atoms with E-state index in [1.165, 1.54) is 4.57 Å². The number of hydrogen-bond acceptors (Lipinski definition) is 2. The molecule has 0 aliphatic rings. The lowest BCUT2D eigenvalue weighted by atomic mass is 9.95. The second kappa shape index (κ2) is 7.59. The van der Waals surface area contributed by atoms with E-state index >= 15 is 0 Å². The third-order valence-electron chi connectivity index (χ3n) is 4.74. The second-order valence-corrected chi connectivity index (χ2v) is 7.53. The summed E-state index contributed by atoms with van der Waals surface area (Å²) in [6.07, 6.45) is 2.38. The molecule has 140 valence electrons. The molecule has 0 unspecified atom stereocenters. The number of hydrogen-bond donors (Lipinski definition) is 0. The van der Waals surface area contributed by atoms with Gasteiger partial charge in [-0.15, -0.1) is 0 Å². The van der Waals surface area contributed by atoms with Crippen molar-refractivity contribution in [3.63, 3.8) is 0 Å². The standard InChI is InChI=1S/C22H15Cl3N2O/c1-2-13-14(6-3-8-17(13)23)15-7-4-11-20-16(15)12-26-22(28)27(20)21-18(24)9-5-10-19(21)25/h3-12H,2H2,1H3. The van der Waals surface area contributed by atoms with Crippen molar-refractivity contribution in [1.29, 1.82) is 0 Å². The molecule has 0 amide bonds. The number of aromatic nitrogens is 2. The molecule has 0 aliphatic heterocycles. The molecule has 0 spiro atoms. The first kappa shape index (κ1) is 19.0. The van der Waals surface area contributed by atoms with E-state index in [-0.39, 0.29) is 0 Å². The van der Waals surface area contributed by atoms with Gasteiger partial charge in [-0.05, 0) is 47.4 Å². The van der Waals surface area contributed by atoms with Crippen LogP contribution in [0.15, 0.2) is 65.6 Å². The predicted molar refractivity (Wildman–Crippen MR) is 117 cm³/mol. The van der Waals surface area contributed by atoms with E-state index in [1.807, 2.05) is 36.4 Å². The molecule has 3 nitrogen and oxygen atoms in total. The monoisotopic (exact) mass is 428 g/mol. The Morgan fingerprint density at radius 2 is 1.46 bits per heavy atom. The SMILES string of the molecule is CCc1c(Cl)cccc1-c1cccc2c1cnc(=O)n2-c1c(Cl)cccc1Cl. The summed E-state index contributed by atoms with van der Waals surface area (Å²) in [6.45, 7) is 2.06. The van der Waals surface area contributed by atoms with E-state index in [2.05, 4.69) is 11.9 Å². The van der Waals surface area contributed by atoms with E-state index < -0.39 is 5.69 Å². The molecule has 0 saturated heterocycles. The van der Waals surface area contributed by atoms with Crippen molar-refractivity contribution in [3.05, 3.63) is 91.9 Å². The van der Waals surface area contributed by atoms with Crippen LogP contribution in [-0.2, 0) is 6.42 Å². The maximum atomic E-state index is 12.7. The van der Waals surface area contributed by atoms with Gasteiger partial charge in [-0.3, -0.25) is 4.57 Å². The average molecular weight is 430 g/mol. The van der Waals surface area contributed by atoms with Crippen molar-refractivity contribution in [2.24, 2.45) is 0 Å². The van der Waals surface area contributed by atoms with Crippen molar-refractivity contribution < 1.29 is 0 Å². The molecule has 0 radical (unpaired) electrons. The number of rotatable bonds is 3. The van der Waals surface area contributed by atoms with Gasteiger partial charge in [0.2, 0.25) is 0 Å². The van der Waals surface area contributed by atoms with E-state index in [1.54, 1.807) is 24.4 Å². The van der Waals surface area contributed by atoms with Crippen LogP contribution in [0, 0.1) is 0 Å². The van der Waals surface area contributed by atoms with Crippen LogP contribution in [0.3, 0.4) is 0 Å². The topological polar surface area (TPSA) is 34.9 Å². The molecular weight excluding hydrogens is 415 g/mol. The summed E-state index contributed by atoms with van der Waals surface area (Å²) in [5.41, 5.74) is 3.66. The average Bonchev–Trinajstić information content (AvgIpc) is 2.68. The van der Waals surface area contributed by atoms with Crippen LogP contribution in [0.25, 0.3) is 27.7 Å². The maximum absolute atomic E-state index is 12.7. The van der Waals surface area contributed by atoms with Crippen LogP contribution >= 0.6 is 34.8 Å². The zero-order valence-corrected chi connectivity index (χ0v) is 17.2. The third kappa shape index (κ3) is 3.10. The van der Waals surface area contributed by atoms with Gasteiger partial charge in [-0.2, -0.15) is 0 Å². The Hall–Kier alpha value is -2.33. The van der Waals surface area contributed by atoms with Crippen LogP contribution in [0.1, 0.15) is 12.5 Å². The van der Waals surface area contributed by atoms with Gasteiger partial charge in [0.15, 0.2) is 0 Å². The molecule has 28 heavy (non-hydrogen) atoms. The molecule has 0 fully saturated rings. The normalized spacial score (nSPS) is 11.1. The Balaban J connectivity index is 2.11. The van der Waals surface area contributed by atoms with E-state index in [4.69, 9.17) is 34.8 Å². The first-order chi connectivity index (χ1) is 13.5. The molecule has 0 aliphatic carbocycles. The quantitative estimate of drug-likeness (QED) is 0.369. The van der Waals surface area contributed by atoms with Gasteiger partial charge in [-0.1, -0.05) is 72.1 Å². The van der Waals surface area contributed by atoms with E-state index in [0.29, 0.717) is 26.3 Å². The first-order valence-electron chi connectivity index (χ1n) is 8.76. The van der Waals surface area contributed by atoms with E-state index in [0.717, 1.165) is 28.5 Å². The predicted octanol–water partition coefficient (Wildman–Crippen LogP) is 6.58. The van der Waals surface area contributed by atoms with Crippen molar-refractivity contribution in [1.82, 2.24) is 9.55 Å². The van der Waals surface area contributed by atoms with Gasteiger partial charge in [0, 0.05) is 16.6 Å². The number of nitrogens with zero attached hydrogens (tertiary/aromatic N) is 2. The molecule has 4 rings (SSSR count). The van der Waals surface area contributed by atoms with E-state index in [9.17, 15) is 4.79 Å². The minimum Gasteiger partial charge on any atom is -0.257 e. The molecule has 0 N–H and O–H groups in total. The minimum absolute atomic E-state index is 0.381. The number of fused-ring (bicyclic) bond motifs is 1. The zero-order chi connectivity index (χ0) is 19.8. The van der Waals surface area contributed by atoms with Crippen molar-refractivity contribution in [3.8, 4) is 16.8 Å². The second-order valence-electron chi connectivity index (χ2n) is 6.30. The molecule has 3 aromatic carbocycles. The molecule has 0 bridgehead atoms. The Morgan fingerprint density at radius 1 is 0.857 bits per heavy atom. The highest BCUT2D eigenvalue weighted by molar-refractivity contribution is 6.37. The molecule has 0 atom stereocenters. The van der Waals surface area contributed by atoms with Gasteiger partial charge < -0.3 is 0 Å². The summed E-state index contributed by atoms with van der Waals surface area (Å²) in [7, 11) is 0. The van der Waals surface area contributed by atoms with Crippen LogP contribution < -0.4 is 5.69 Å². The molecule has 1 aromatic heterocycles. The Kier molecular flexibility index (Phi) is 5.15. The van der Waals surface area contributed by atoms with Crippen LogP contribution in [0.5, 0.6) is 0 Å². The number of para-hydroxylation sites is 1. The lowest BCUT2D eigenvalue weighted by Gasteiger charge is -2.16. The highest BCUT2D eigenvalue weighted by atomic mass is 35.5. The van der Waals surface area contributed by atoms with Gasteiger partial charge in [-0.25, -0.2) is 9.78 Å². The lowest BCUT2D eigenvalue weighted by Crippen LogP contribution is -2.22. The fourth-order valence-corrected chi connectivity index (χ4v) is 4.36. The number of benzene rings is 3. The van der Waals surface area contributed by atoms with Crippen LogP contribution in [0.4, 0.5) is 0 Å². The lowest BCUT2D eigenvalue weighted by molar-refractivity contribution is 0.960. The Morgan fingerprint density at radius 3 is 2.18 bits per heavy atom. The highest BCUT2D eigenvalue weighted by Crippen LogP contribution is 2.35. The van der Waals surface area contributed by atoms with Crippen molar-refractivity contribution in [2.45, 2.75) is 13.3 Å². The molecular formula is C22H15Cl3N2O. The number of halogens is 3. The Bertz CT molecular complexity index is 1240. The summed E-state index contributed by atoms with van der Waals surface area (Å²) in [4.78, 5) is 16.8. The van der Waals surface area contributed by atoms with Crippen LogP contribution in [-0.4, -0.2) is 9.55 Å². The fraction of sp³-hybridized carbons (Fsp3) is 0.0909. The zero-order valence-electron chi connectivity index (χ0n) is 14.9. The molecule has 4 aromatic rings. The third-order valence-corrected chi connectivity index (χ3v) is 5.71. The van der Waals surface area contributed by atoms with Crippen LogP contribution in [0.2, 0.25) is 15.1 Å². The molecule has 1 heterocycles. The van der Waals surface area contributed by atoms with Gasteiger partial charge in [0.25, 0.3) is 0 Å².